The number of ketones is 4. The molecule has 0 aromatic heterocycles. The maximum absolute atomic E-state index is 14.6. The molecule has 1 unspecified atom stereocenters. The lowest BCUT2D eigenvalue weighted by atomic mass is 9.73. The molecule has 2 fully saturated rings. The van der Waals surface area contributed by atoms with E-state index in [4.69, 9.17) is 4.74 Å². The minimum absolute atomic E-state index is 0.0128. The molecular formula is C50H66N4O9. The number of carbonyl (C=O) groups is 7. The average Bonchev–Trinajstić information content (AvgIpc) is 3.49. The molecule has 2 amide bonds. The molecule has 0 saturated heterocycles. The molecule has 3 aliphatic carbocycles. The van der Waals surface area contributed by atoms with E-state index in [0.717, 1.165) is 22.3 Å². The molecule has 340 valence electrons. The zero-order chi connectivity index (χ0) is 46.2. The summed E-state index contributed by atoms with van der Waals surface area (Å²) in [7, 11) is 0. The van der Waals surface area contributed by atoms with Gasteiger partial charge in [-0.15, -0.1) is 0 Å². The number of fused-ring (bicyclic) bond motifs is 3. The van der Waals surface area contributed by atoms with Crippen LogP contribution in [0, 0.1) is 22.7 Å². The standard InChI is InChI=1S/C50H66N4O9/c1-30(2)23-38(45-40(55)25-49(5,6)26-41(45)56)51-19-21-54(22-20-52-39(24-31(3)4)46-42(57)27-50(7,8)28-43(46)58)47(61)37(17-18-44(59)60)53-48(62)63-29-36-34-15-11-9-13-32(34)33-14-10-12-16-35(33)36/h9-16,30-31,36-37,51-52H,17-29H2,1-8H3,(H,53,62)(H,59,60). The number of allylic oxidation sites excluding steroid dienone is 4. The number of Topliss-reactive ketones (excluding diaryl/α,β-unsaturated/α-hetero) is 4. The number of aliphatic carboxylic acids is 1. The van der Waals surface area contributed by atoms with Gasteiger partial charge in [-0.25, -0.2) is 4.79 Å². The maximum Gasteiger partial charge on any atom is 0.407 e. The van der Waals surface area contributed by atoms with Gasteiger partial charge in [0.1, 0.15) is 12.6 Å². The van der Waals surface area contributed by atoms with Crippen LogP contribution in [-0.4, -0.2) is 89.9 Å². The largest absolute Gasteiger partial charge is 0.481 e. The van der Waals surface area contributed by atoms with Crippen LogP contribution >= 0.6 is 0 Å². The van der Waals surface area contributed by atoms with E-state index in [-0.39, 0.29) is 117 Å². The molecule has 3 aliphatic rings. The lowest BCUT2D eigenvalue weighted by Gasteiger charge is -2.32. The minimum atomic E-state index is -1.29. The van der Waals surface area contributed by atoms with Crippen LogP contribution in [0.1, 0.15) is 124 Å². The van der Waals surface area contributed by atoms with Gasteiger partial charge in [-0.3, -0.25) is 28.8 Å². The van der Waals surface area contributed by atoms with Crippen LogP contribution in [0.5, 0.6) is 0 Å². The molecule has 0 radical (unpaired) electrons. The number of nitrogens with zero attached hydrogens (tertiary/aromatic N) is 1. The second-order valence-corrected chi connectivity index (χ2v) is 19.8. The predicted octanol–water partition coefficient (Wildman–Crippen LogP) is 7.28. The quantitative estimate of drug-likeness (QED) is 0.0821. The van der Waals surface area contributed by atoms with Crippen LogP contribution in [0.3, 0.4) is 0 Å². The molecule has 0 heterocycles. The summed E-state index contributed by atoms with van der Waals surface area (Å²) in [5.41, 5.74) is 4.58. The molecule has 0 bridgehead atoms. The lowest BCUT2D eigenvalue weighted by molar-refractivity contribution is -0.138. The first kappa shape index (κ1) is 48.4. The fraction of sp³-hybridized carbons (Fsp3) is 0.540. The van der Waals surface area contributed by atoms with Crippen molar-refractivity contribution in [3.05, 3.63) is 82.2 Å². The Morgan fingerprint density at radius 1 is 0.698 bits per heavy atom. The van der Waals surface area contributed by atoms with Gasteiger partial charge in [0, 0.05) is 75.6 Å². The van der Waals surface area contributed by atoms with E-state index in [2.05, 4.69) is 16.0 Å². The first-order valence-electron chi connectivity index (χ1n) is 22.3. The van der Waals surface area contributed by atoms with Crippen LogP contribution in [-0.2, 0) is 33.5 Å². The number of carboxylic acid groups (broad SMARTS) is 1. The second kappa shape index (κ2) is 20.7. The third-order valence-electron chi connectivity index (χ3n) is 11.8. The first-order chi connectivity index (χ1) is 29.7. The molecule has 5 rings (SSSR count). The number of nitrogens with one attached hydrogen (secondary N) is 3. The highest BCUT2D eigenvalue weighted by Gasteiger charge is 2.39. The molecule has 2 saturated carbocycles. The van der Waals surface area contributed by atoms with Crippen molar-refractivity contribution in [2.75, 3.05) is 32.8 Å². The van der Waals surface area contributed by atoms with E-state index in [1.165, 1.54) is 4.90 Å². The normalized spacial score (nSPS) is 17.3. The Hall–Kier alpha value is -5.59. The third-order valence-corrected chi connectivity index (χ3v) is 11.8. The Balaban J connectivity index is 1.39. The summed E-state index contributed by atoms with van der Waals surface area (Å²) in [6, 6.07) is 14.5. The molecule has 4 N–H and O–H groups in total. The van der Waals surface area contributed by atoms with Crippen LogP contribution in [0.2, 0.25) is 0 Å². The van der Waals surface area contributed by atoms with E-state index in [1.54, 1.807) is 0 Å². The molecule has 0 spiro atoms. The summed E-state index contributed by atoms with van der Waals surface area (Å²) in [5.74, 6) is -2.65. The summed E-state index contributed by atoms with van der Waals surface area (Å²) >= 11 is 0. The van der Waals surface area contributed by atoms with Crippen molar-refractivity contribution in [3.8, 4) is 11.1 Å². The molecule has 63 heavy (non-hydrogen) atoms. The van der Waals surface area contributed by atoms with Gasteiger partial charge < -0.3 is 30.7 Å². The highest BCUT2D eigenvalue weighted by molar-refractivity contribution is 6.23. The van der Waals surface area contributed by atoms with E-state index >= 15 is 0 Å². The Morgan fingerprint density at radius 3 is 1.51 bits per heavy atom. The highest BCUT2D eigenvalue weighted by atomic mass is 16.5. The van der Waals surface area contributed by atoms with E-state index in [1.807, 2.05) is 104 Å². The summed E-state index contributed by atoms with van der Waals surface area (Å²) in [6.45, 7) is 15.9. The number of hydrogen-bond acceptors (Lipinski definition) is 10. The van der Waals surface area contributed by atoms with Gasteiger partial charge in [-0.2, -0.15) is 0 Å². The summed E-state index contributed by atoms with van der Waals surface area (Å²) < 4.78 is 5.78. The summed E-state index contributed by atoms with van der Waals surface area (Å²) in [5, 5.41) is 19.0. The van der Waals surface area contributed by atoms with Crippen LogP contribution in [0.15, 0.2) is 71.1 Å². The SMILES string of the molecule is CC(C)CC(NCCN(CCNC(CC(C)C)=C1C(=O)CC(C)(C)CC1=O)C(=O)C(CCC(=O)O)NC(=O)OCC1c2ccccc2-c2ccccc21)=C1C(=O)CC(C)(C)CC1=O. The van der Waals surface area contributed by atoms with E-state index < -0.39 is 41.3 Å². The van der Waals surface area contributed by atoms with E-state index in [0.29, 0.717) is 24.2 Å². The average molecular weight is 867 g/mol. The highest BCUT2D eigenvalue weighted by Crippen LogP contribution is 2.44. The lowest BCUT2D eigenvalue weighted by Crippen LogP contribution is -2.52. The van der Waals surface area contributed by atoms with Gasteiger partial charge in [0.25, 0.3) is 0 Å². The molecule has 13 heteroatoms. The maximum atomic E-state index is 14.6. The second-order valence-electron chi connectivity index (χ2n) is 19.8. The smallest absolute Gasteiger partial charge is 0.407 e. The van der Waals surface area contributed by atoms with Crippen molar-refractivity contribution in [2.45, 2.75) is 119 Å². The Morgan fingerprint density at radius 2 is 1.11 bits per heavy atom. The minimum Gasteiger partial charge on any atom is -0.481 e. The Kier molecular flexibility index (Phi) is 15.9. The van der Waals surface area contributed by atoms with Crippen LogP contribution < -0.4 is 16.0 Å². The van der Waals surface area contributed by atoms with Gasteiger partial charge in [-0.05, 0) is 64.2 Å². The predicted molar refractivity (Wildman–Crippen MR) is 240 cm³/mol. The fourth-order valence-corrected chi connectivity index (χ4v) is 9.09. The molecule has 13 nitrogen and oxygen atoms in total. The van der Waals surface area contributed by atoms with Crippen molar-refractivity contribution in [1.29, 1.82) is 0 Å². The molecule has 1 atom stereocenters. The molecular weight excluding hydrogens is 801 g/mol. The topological polar surface area (TPSA) is 188 Å². The number of hydrogen-bond donors (Lipinski definition) is 4. The van der Waals surface area contributed by atoms with Gasteiger partial charge in [-0.1, -0.05) is 104 Å². The van der Waals surface area contributed by atoms with Crippen LogP contribution in [0.25, 0.3) is 11.1 Å². The van der Waals surface area contributed by atoms with Gasteiger partial charge in [0.05, 0.1) is 11.1 Å². The molecule has 2 aromatic rings. The van der Waals surface area contributed by atoms with Crippen molar-refractivity contribution in [2.24, 2.45) is 22.7 Å². The Labute approximate surface area is 371 Å². The monoisotopic (exact) mass is 866 g/mol. The van der Waals surface area contributed by atoms with Crippen molar-refractivity contribution in [3.63, 3.8) is 0 Å². The van der Waals surface area contributed by atoms with Gasteiger partial charge in [0.15, 0.2) is 23.1 Å². The van der Waals surface area contributed by atoms with Crippen LogP contribution in [0.4, 0.5) is 4.79 Å². The first-order valence-corrected chi connectivity index (χ1v) is 22.3. The van der Waals surface area contributed by atoms with Gasteiger partial charge in [0.2, 0.25) is 5.91 Å². The molecule has 0 aliphatic heterocycles. The number of benzene rings is 2. The summed E-state index contributed by atoms with van der Waals surface area (Å²) in [6.07, 6.45) is 0.276. The van der Waals surface area contributed by atoms with Crippen molar-refractivity contribution >= 4 is 41.1 Å². The zero-order valence-corrected chi connectivity index (χ0v) is 38.3. The number of carbonyl (C=O) groups excluding carboxylic acids is 6. The number of alkyl carbamates (subject to hydrolysis) is 1. The molecule has 2 aromatic carbocycles. The van der Waals surface area contributed by atoms with Crippen molar-refractivity contribution < 1.29 is 43.4 Å². The van der Waals surface area contributed by atoms with E-state index in [9.17, 15) is 38.7 Å². The fourth-order valence-electron chi connectivity index (χ4n) is 9.09. The Bertz CT molecular complexity index is 2000. The third kappa shape index (κ3) is 12.8. The number of carboxylic acids is 1. The number of ether oxygens (including phenoxy) is 1. The zero-order valence-electron chi connectivity index (χ0n) is 38.3. The summed E-state index contributed by atoms with van der Waals surface area (Å²) in [4.78, 5) is 95.0. The number of amides is 2. The number of rotatable bonds is 19. The van der Waals surface area contributed by atoms with Crippen molar-refractivity contribution in [1.82, 2.24) is 20.9 Å². The van der Waals surface area contributed by atoms with Gasteiger partial charge >= 0.3 is 12.1 Å².